The van der Waals surface area contributed by atoms with E-state index >= 15 is 4.39 Å². The summed E-state index contributed by atoms with van der Waals surface area (Å²) in [6, 6.07) is 18.4. The lowest BCUT2D eigenvalue weighted by Crippen LogP contribution is -2.49. The van der Waals surface area contributed by atoms with Gasteiger partial charge < -0.3 is 15.0 Å². The second-order valence-electron chi connectivity index (χ2n) is 8.06. The first kappa shape index (κ1) is 20.4. The van der Waals surface area contributed by atoms with Gasteiger partial charge in [0, 0.05) is 48.9 Å². The van der Waals surface area contributed by atoms with E-state index in [9.17, 15) is 4.79 Å². The molecule has 0 spiro atoms. The number of nitrogens with zero attached hydrogens (tertiary/aromatic N) is 1. The lowest BCUT2D eigenvalue weighted by molar-refractivity contribution is 0.0408. The number of ether oxygens (including phenoxy) is 1. The van der Waals surface area contributed by atoms with Gasteiger partial charge in [0.1, 0.15) is 12.3 Å². The van der Waals surface area contributed by atoms with E-state index in [2.05, 4.69) is 33.4 Å². The highest BCUT2D eigenvalue weighted by Gasteiger charge is 2.42. The van der Waals surface area contributed by atoms with Crippen LogP contribution in [-0.4, -0.2) is 42.3 Å². The van der Waals surface area contributed by atoms with Gasteiger partial charge in [0.15, 0.2) is 0 Å². The molecule has 6 heteroatoms. The van der Waals surface area contributed by atoms with Gasteiger partial charge in [-0.2, -0.15) is 0 Å². The number of hydrogen-bond acceptors (Lipinski definition) is 3. The molecular weight excluding hydrogens is 435 g/mol. The molecule has 1 aliphatic heterocycles. The third-order valence-electron chi connectivity index (χ3n) is 5.89. The van der Waals surface area contributed by atoms with Crippen LogP contribution in [0.5, 0.6) is 0 Å². The molecule has 0 unspecified atom stereocenters. The average molecular weight is 461 g/mol. The van der Waals surface area contributed by atoms with Crippen molar-refractivity contribution in [3.05, 3.63) is 70.2 Å². The SMILES string of the molecule is O=C(OCc1ccc(Br)cc1)N1CCC(F)(CN[C@@H]2C[C@H]2c2ccccc2)CC1. The quantitative estimate of drug-likeness (QED) is 0.656. The van der Waals surface area contributed by atoms with Crippen LogP contribution in [-0.2, 0) is 11.3 Å². The van der Waals surface area contributed by atoms with Crippen molar-refractivity contribution in [3.8, 4) is 0 Å². The van der Waals surface area contributed by atoms with Crippen molar-refractivity contribution in [1.82, 2.24) is 10.2 Å². The highest BCUT2D eigenvalue weighted by atomic mass is 79.9. The Balaban J connectivity index is 1.18. The number of benzene rings is 2. The van der Waals surface area contributed by atoms with Gasteiger partial charge in [-0.1, -0.05) is 58.4 Å². The predicted molar refractivity (Wildman–Crippen MR) is 115 cm³/mol. The molecule has 154 valence electrons. The summed E-state index contributed by atoms with van der Waals surface area (Å²) in [6.07, 6.45) is 1.38. The molecule has 0 aromatic heterocycles. The van der Waals surface area contributed by atoms with E-state index in [0.717, 1.165) is 16.5 Å². The Kier molecular flexibility index (Phi) is 6.20. The zero-order valence-corrected chi connectivity index (χ0v) is 17.9. The normalized spacial score (nSPS) is 22.9. The number of piperidine rings is 1. The van der Waals surface area contributed by atoms with Gasteiger partial charge in [0.05, 0.1) is 0 Å². The Morgan fingerprint density at radius 2 is 1.83 bits per heavy atom. The van der Waals surface area contributed by atoms with Gasteiger partial charge in [-0.15, -0.1) is 0 Å². The van der Waals surface area contributed by atoms with Crippen molar-refractivity contribution in [2.24, 2.45) is 0 Å². The number of nitrogens with one attached hydrogen (secondary N) is 1. The van der Waals surface area contributed by atoms with Crippen LogP contribution in [0.2, 0.25) is 0 Å². The summed E-state index contributed by atoms with van der Waals surface area (Å²) < 4.78 is 21.5. The fourth-order valence-electron chi connectivity index (χ4n) is 3.89. The lowest BCUT2D eigenvalue weighted by atomic mass is 9.93. The zero-order chi connectivity index (χ0) is 20.3. The Morgan fingerprint density at radius 3 is 2.52 bits per heavy atom. The molecule has 1 saturated heterocycles. The van der Waals surface area contributed by atoms with Crippen LogP contribution in [0.4, 0.5) is 9.18 Å². The number of carbonyl (C=O) groups is 1. The van der Waals surface area contributed by atoms with E-state index in [1.807, 2.05) is 42.5 Å². The van der Waals surface area contributed by atoms with Crippen LogP contribution in [0, 0.1) is 0 Å². The van der Waals surface area contributed by atoms with Crippen LogP contribution < -0.4 is 5.32 Å². The van der Waals surface area contributed by atoms with Gasteiger partial charge in [0.2, 0.25) is 0 Å². The summed E-state index contributed by atoms with van der Waals surface area (Å²) in [6.45, 7) is 1.37. The number of halogens is 2. The minimum Gasteiger partial charge on any atom is -0.445 e. The number of carbonyl (C=O) groups excluding carboxylic acids is 1. The van der Waals surface area contributed by atoms with Crippen LogP contribution >= 0.6 is 15.9 Å². The summed E-state index contributed by atoms with van der Waals surface area (Å²) in [4.78, 5) is 13.9. The zero-order valence-electron chi connectivity index (χ0n) is 16.3. The average Bonchev–Trinajstić information content (AvgIpc) is 3.53. The van der Waals surface area contributed by atoms with Crippen LogP contribution in [0.3, 0.4) is 0 Å². The highest BCUT2D eigenvalue weighted by molar-refractivity contribution is 9.10. The Bertz CT molecular complexity index is 823. The minimum atomic E-state index is -1.26. The number of likely N-dealkylation sites (tertiary alicyclic amines) is 1. The highest BCUT2D eigenvalue weighted by Crippen LogP contribution is 2.41. The van der Waals surface area contributed by atoms with Gasteiger partial charge in [-0.05, 0) is 29.7 Å². The predicted octanol–water partition coefficient (Wildman–Crippen LogP) is 5.04. The second-order valence-corrected chi connectivity index (χ2v) is 8.97. The summed E-state index contributed by atoms with van der Waals surface area (Å²) in [5.41, 5.74) is 0.994. The first-order valence-corrected chi connectivity index (χ1v) is 11.0. The fraction of sp³-hybridized carbons (Fsp3) is 0.435. The molecule has 1 heterocycles. The standard InChI is InChI=1S/C23H26BrFN2O2/c24-19-8-6-17(7-9-19)15-29-22(28)27-12-10-23(25,11-13-27)16-26-21-14-20(21)18-4-2-1-3-5-18/h1-9,20-21,26H,10-16H2/t20-,21+/m0/s1. The number of rotatable bonds is 6. The largest absolute Gasteiger partial charge is 0.445 e. The van der Waals surface area contributed by atoms with E-state index < -0.39 is 5.67 Å². The maximum atomic E-state index is 15.2. The molecule has 2 aliphatic rings. The molecule has 0 radical (unpaired) electrons. The topological polar surface area (TPSA) is 41.6 Å². The van der Waals surface area contributed by atoms with E-state index in [1.54, 1.807) is 4.90 Å². The van der Waals surface area contributed by atoms with Crippen molar-refractivity contribution < 1.29 is 13.9 Å². The second kappa shape index (κ2) is 8.84. The van der Waals surface area contributed by atoms with Crippen molar-refractivity contribution in [2.75, 3.05) is 19.6 Å². The maximum absolute atomic E-state index is 15.2. The van der Waals surface area contributed by atoms with Gasteiger partial charge >= 0.3 is 6.09 Å². The first-order valence-electron chi connectivity index (χ1n) is 10.2. The van der Waals surface area contributed by atoms with Gasteiger partial charge in [-0.3, -0.25) is 0 Å². The van der Waals surface area contributed by atoms with Crippen molar-refractivity contribution in [3.63, 3.8) is 0 Å². The third kappa shape index (κ3) is 5.37. The summed E-state index contributed by atoms with van der Waals surface area (Å²) in [7, 11) is 0. The van der Waals surface area contributed by atoms with Crippen molar-refractivity contribution in [1.29, 1.82) is 0 Å². The molecule has 4 rings (SSSR count). The first-order chi connectivity index (χ1) is 14.0. The molecule has 2 aromatic carbocycles. The molecule has 1 N–H and O–H groups in total. The smallest absolute Gasteiger partial charge is 0.410 e. The number of alkyl halides is 1. The number of hydrogen-bond donors (Lipinski definition) is 1. The molecule has 0 bridgehead atoms. The van der Waals surface area contributed by atoms with Crippen molar-refractivity contribution in [2.45, 2.75) is 43.5 Å². The molecule has 4 nitrogen and oxygen atoms in total. The molecule has 1 aliphatic carbocycles. The Labute approximate surface area is 179 Å². The van der Waals surface area contributed by atoms with Crippen molar-refractivity contribution >= 4 is 22.0 Å². The monoisotopic (exact) mass is 460 g/mol. The number of amides is 1. The van der Waals surface area contributed by atoms with Crippen LogP contribution in [0.25, 0.3) is 0 Å². The molecule has 2 aromatic rings. The molecular formula is C23H26BrFN2O2. The molecule has 29 heavy (non-hydrogen) atoms. The van der Waals surface area contributed by atoms with E-state index in [-0.39, 0.29) is 12.7 Å². The molecule has 1 amide bonds. The minimum absolute atomic E-state index is 0.230. The molecule has 1 saturated carbocycles. The third-order valence-corrected chi connectivity index (χ3v) is 6.42. The maximum Gasteiger partial charge on any atom is 0.410 e. The van der Waals surface area contributed by atoms with E-state index in [4.69, 9.17) is 4.74 Å². The van der Waals surface area contributed by atoms with Crippen LogP contribution in [0.1, 0.15) is 36.3 Å². The Hall–Kier alpha value is -1.92. The van der Waals surface area contributed by atoms with E-state index in [0.29, 0.717) is 44.4 Å². The summed E-state index contributed by atoms with van der Waals surface area (Å²) >= 11 is 3.38. The summed E-state index contributed by atoms with van der Waals surface area (Å²) in [5, 5.41) is 3.40. The van der Waals surface area contributed by atoms with Crippen LogP contribution in [0.15, 0.2) is 59.1 Å². The molecule has 2 atom stereocenters. The fourth-order valence-corrected chi connectivity index (χ4v) is 4.15. The molecule has 2 fully saturated rings. The lowest BCUT2D eigenvalue weighted by Gasteiger charge is -2.36. The van der Waals surface area contributed by atoms with E-state index in [1.165, 1.54) is 5.56 Å². The van der Waals surface area contributed by atoms with Gasteiger partial charge in [0.25, 0.3) is 0 Å². The summed E-state index contributed by atoms with van der Waals surface area (Å²) in [5.74, 6) is 0.494. The van der Waals surface area contributed by atoms with Gasteiger partial charge in [-0.25, -0.2) is 9.18 Å². The Morgan fingerprint density at radius 1 is 1.14 bits per heavy atom.